The number of amides is 1. The number of carbonyl (C=O) groups is 2. The van der Waals surface area contributed by atoms with Gasteiger partial charge in [0.1, 0.15) is 11.4 Å². The van der Waals surface area contributed by atoms with Crippen LogP contribution in [0.2, 0.25) is 0 Å². The molecular formula is C20H21N3O5. The molecule has 0 aliphatic carbocycles. The Morgan fingerprint density at radius 2 is 1.79 bits per heavy atom. The number of esters is 1. The van der Waals surface area contributed by atoms with Crippen molar-refractivity contribution in [2.45, 2.75) is 6.54 Å². The largest absolute Gasteiger partial charge is 0.464 e. The summed E-state index contributed by atoms with van der Waals surface area (Å²) < 4.78 is 15.4. The minimum absolute atomic E-state index is 0.134. The highest BCUT2D eigenvalue weighted by Crippen LogP contribution is 2.32. The molecule has 8 nitrogen and oxygen atoms in total. The van der Waals surface area contributed by atoms with Crippen molar-refractivity contribution in [3.63, 3.8) is 0 Å². The van der Waals surface area contributed by atoms with E-state index in [1.165, 1.54) is 13.2 Å². The van der Waals surface area contributed by atoms with Crippen molar-refractivity contribution >= 4 is 11.9 Å². The van der Waals surface area contributed by atoms with Crippen LogP contribution in [-0.2, 0) is 11.3 Å². The van der Waals surface area contributed by atoms with Gasteiger partial charge < -0.3 is 19.1 Å². The SMILES string of the molecule is COC(=O)c1cccc(C(=O)N2CCN(Cc3ccc4c(c3)OCO4)CC2)n1. The van der Waals surface area contributed by atoms with Gasteiger partial charge in [-0.3, -0.25) is 9.69 Å². The summed E-state index contributed by atoms with van der Waals surface area (Å²) in [5.74, 6) is 0.834. The van der Waals surface area contributed by atoms with Crippen LogP contribution < -0.4 is 9.47 Å². The molecule has 28 heavy (non-hydrogen) atoms. The second-order valence-corrected chi connectivity index (χ2v) is 6.66. The maximum absolute atomic E-state index is 12.7. The third-order valence-corrected chi connectivity index (χ3v) is 4.87. The van der Waals surface area contributed by atoms with Crippen LogP contribution in [0.5, 0.6) is 11.5 Å². The molecule has 0 radical (unpaired) electrons. The molecule has 1 aromatic heterocycles. The van der Waals surface area contributed by atoms with Crippen LogP contribution in [0.1, 0.15) is 26.5 Å². The summed E-state index contributed by atoms with van der Waals surface area (Å²) in [7, 11) is 1.29. The summed E-state index contributed by atoms with van der Waals surface area (Å²) in [5.41, 5.74) is 1.54. The van der Waals surface area contributed by atoms with Crippen molar-refractivity contribution in [3.8, 4) is 11.5 Å². The van der Waals surface area contributed by atoms with E-state index in [1.807, 2.05) is 18.2 Å². The monoisotopic (exact) mass is 383 g/mol. The lowest BCUT2D eigenvalue weighted by molar-refractivity contribution is 0.0592. The molecule has 4 rings (SSSR count). The number of carbonyl (C=O) groups excluding carboxylic acids is 2. The quantitative estimate of drug-likeness (QED) is 0.741. The predicted molar refractivity (Wildman–Crippen MR) is 99.3 cm³/mol. The Kier molecular flexibility index (Phi) is 5.12. The fourth-order valence-corrected chi connectivity index (χ4v) is 3.34. The molecule has 3 heterocycles. The van der Waals surface area contributed by atoms with Gasteiger partial charge in [-0.15, -0.1) is 0 Å². The van der Waals surface area contributed by atoms with Gasteiger partial charge >= 0.3 is 5.97 Å². The van der Waals surface area contributed by atoms with Crippen molar-refractivity contribution in [3.05, 3.63) is 53.3 Å². The van der Waals surface area contributed by atoms with Crippen LogP contribution in [0.4, 0.5) is 0 Å². The summed E-state index contributed by atoms with van der Waals surface area (Å²) in [4.78, 5) is 32.5. The van der Waals surface area contributed by atoms with E-state index in [2.05, 4.69) is 14.6 Å². The van der Waals surface area contributed by atoms with Crippen molar-refractivity contribution in [1.82, 2.24) is 14.8 Å². The Balaban J connectivity index is 1.35. The number of pyridine rings is 1. The first-order valence-corrected chi connectivity index (χ1v) is 9.09. The number of nitrogens with zero attached hydrogens (tertiary/aromatic N) is 3. The Morgan fingerprint density at radius 3 is 2.57 bits per heavy atom. The highest BCUT2D eigenvalue weighted by atomic mass is 16.7. The summed E-state index contributed by atoms with van der Waals surface area (Å²) in [6.45, 7) is 3.79. The van der Waals surface area contributed by atoms with Crippen molar-refractivity contribution in [1.29, 1.82) is 0 Å². The topological polar surface area (TPSA) is 81.2 Å². The third kappa shape index (κ3) is 3.77. The van der Waals surface area contributed by atoms with E-state index in [0.29, 0.717) is 13.1 Å². The molecule has 0 atom stereocenters. The molecule has 0 N–H and O–H groups in total. The number of hydrogen-bond donors (Lipinski definition) is 0. The van der Waals surface area contributed by atoms with Gasteiger partial charge in [-0.25, -0.2) is 9.78 Å². The lowest BCUT2D eigenvalue weighted by Crippen LogP contribution is -2.48. The number of fused-ring (bicyclic) bond motifs is 1. The van der Waals surface area contributed by atoms with Gasteiger partial charge in [0, 0.05) is 32.7 Å². The van der Waals surface area contributed by atoms with Gasteiger partial charge in [0.2, 0.25) is 6.79 Å². The molecule has 1 aromatic carbocycles. The normalized spacial score (nSPS) is 16.1. The van der Waals surface area contributed by atoms with Gasteiger partial charge in [0.15, 0.2) is 11.5 Å². The second-order valence-electron chi connectivity index (χ2n) is 6.66. The first-order chi connectivity index (χ1) is 13.6. The molecule has 0 spiro atoms. The molecule has 2 aliphatic rings. The maximum atomic E-state index is 12.7. The fourth-order valence-electron chi connectivity index (χ4n) is 3.34. The number of aromatic nitrogens is 1. The van der Waals surface area contributed by atoms with Crippen LogP contribution in [-0.4, -0.2) is 66.7 Å². The molecule has 2 aromatic rings. The average molecular weight is 383 g/mol. The molecule has 146 valence electrons. The highest BCUT2D eigenvalue weighted by molar-refractivity contribution is 5.94. The maximum Gasteiger partial charge on any atom is 0.356 e. The van der Waals surface area contributed by atoms with E-state index in [1.54, 1.807) is 17.0 Å². The smallest absolute Gasteiger partial charge is 0.356 e. The standard InChI is InChI=1S/C20H21N3O5/c1-26-20(25)16-4-2-3-15(21-16)19(24)23-9-7-22(8-10-23)12-14-5-6-17-18(11-14)28-13-27-17/h2-6,11H,7-10,12-13H2,1H3. The number of ether oxygens (including phenoxy) is 3. The number of rotatable bonds is 4. The number of hydrogen-bond acceptors (Lipinski definition) is 7. The Hall–Kier alpha value is -3.13. The van der Waals surface area contributed by atoms with Gasteiger partial charge in [0.05, 0.1) is 7.11 Å². The molecular weight excluding hydrogens is 362 g/mol. The first kappa shape index (κ1) is 18.2. The van der Waals surface area contributed by atoms with E-state index in [-0.39, 0.29) is 24.1 Å². The van der Waals surface area contributed by atoms with Gasteiger partial charge in [-0.1, -0.05) is 12.1 Å². The number of benzene rings is 1. The minimum Gasteiger partial charge on any atom is -0.464 e. The summed E-state index contributed by atoms with van der Waals surface area (Å²) in [6.07, 6.45) is 0. The molecule has 8 heteroatoms. The van der Waals surface area contributed by atoms with Crippen molar-refractivity contribution < 1.29 is 23.8 Å². The second kappa shape index (κ2) is 7.85. The third-order valence-electron chi connectivity index (χ3n) is 4.87. The average Bonchev–Trinajstić information content (AvgIpc) is 3.21. The Bertz CT molecular complexity index is 893. The van der Waals surface area contributed by atoms with E-state index < -0.39 is 5.97 Å². The van der Waals surface area contributed by atoms with E-state index in [9.17, 15) is 9.59 Å². The molecule has 0 saturated carbocycles. The van der Waals surface area contributed by atoms with Crippen LogP contribution in [0, 0.1) is 0 Å². The van der Waals surface area contributed by atoms with Gasteiger partial charge in [-0.2, -0.15) is 0 Å². The van der Waals surface area contributed by atoms with Crippen LogP contribution >= 0.6 is 0 Å². The summed E-state index contributed by atoms with van der Waals surface area (Å²) in [5, 5.41) is 0. The van der Waals surface area contributed by atoms with Crippen LogP contribution in [0.3, 0.4) is 0 Å². The lowest BCUT2D eigenvalue weighted by atomic mass is 10.1. The highest BCUT2D eigenvalue weighted by Gasteiger charge is 2.24. The molecule has 1 amide bonds. The zero-order valence-corrected chi connectivity index (χ0v) is 15.6. The van der Waals surface area contributed by atoms with Crippen molar-refractivity contribution in [2.75, 3.05) is 40.1 Å². The van der Waals surface area contributed by atoms with Crippen LogP contribution in [0.25, 0.3) is 0 Å². The Morgan fingerprint density at radius 1 is 1.04 bits per heavy atom. The van der Waals surface area contributed by atoms with Gasteiger partial charge in [0.25, 0.3) is 5.91 Å². The zero-order chi connectivity index (χ0) is 19.5. The van der Waals surface area contributed by atoms with E-state index in [0.717, 1.165) is 36.7 Å². The number of piperazine rings is 1. The molecule has 0 bridgehead atoms. The first-order valence-electron chi connectivity index (χ1n) is 9.09. The van der Waals surface area contributed by atoms with E-state index >= 15 is 0 Å². The summed E-state index contributed by atoms with van der Waals surface area (Å²) >= 11 is 0. The van der Waals surface area contributed by atoms with E-state index in [4.69, 9.17) is 9.47 Å². The molecule has 0 unspecified atom stereocenters. The fraction of sp³-hybridized carbons (Fsp3) is 0.350. The zero-order valence-electron chi connectivity index (χ0n) is 15.6. The summed E-state index contributed by atoms with van der Waals surface area (Å²) in [6, 6.07) is 10.8. The Labute approximate surface area is 162 Å². The lowest BCUT2D eigenvalue weighted by Gasteiger charge is -2.34. The molecule has 1 saturated heterocycles. The molecule has 1 fully saturated rings. The van der Waals surface area contributed by atoms with Crippen LogP contribution in [0.15, 0.2) is 36.4 Å². The predicted octanol–water partition coefficient (Wildman–Crippen LogP) is 1.55. The van der Waals surface area contributed by atoms with Crippen molar-refractivity contribution in [2.24, 2.45) is 0 Å². The minimum atomic E-state index is -0.553. The molecule has 2 aliphatic heterocycles. The van der Waals surface area contributed by atoms with Gasteiger partial charge in [-0.05, 0) is 29.8 Å². The number of methoxy groups -OCH3 is 1.